The average molecular weight is 254 g/mol. The summed E-state index contributed by atoms with van der Waals surface area (Å²) in [5.74, 6) is 1.36. The molecule has 0 atom stereocenters. The highest BCUT2D eigenvalue weighted by Crippen LogP contribution is 2.34. The Bertz CT molecular complexity index is 562. The summed E-state index contributed by atoms with van der Waals surface area (Å²) < 4.78 is 5.45. The molecule has 0 radical (unpaired) electrons. The first-order valence-electron chi connectivity index (χ1n) is 7.01. The second-order valence-electron chi connectivity index (χ2n) is 5.28. The standard InChI is InChI=1S/C17H18O2/c18-12-16-9-10-19-17(16)15-8-4-7-14(11-15)13-5-2-1-3-6-13/h4,7-13H,1-3,5-6H2. The molecule has 1 heterocycles. The third-order valence-electron chi connectivity index (χ3n) is 4.05. The topological polar surface area (TPSA) is 30.2 Å². The van der Waals surface area contributed by atoms with Crippen LogP contribution in [0.15, 0.2) is 41.0 Å². The first-order valence-corrected chi connectivity index (χ1v) is 7.01. The van der Waals surface area contributed by atoms with Crippen molar-refractivity contribution in [3.05, 3.63) is 47.7 Å². The molecule has 0 amide bonds. The maximum absolute atomic E-state index is 11.0. The van der Waals surface area contributed by atoms with Gasteiger partial charge in [0.25, 0.3) is 0 Å². The van der Waals surface area contributed by atoms with Crippen LogP contribution in [0.5, 0.6) is 0 Å². The third-order valence-corrected chi connectivity index (χ3v) is 4.05. The third kappa shape index (κ3) is 2.48. The minimum Gasteiger partial charge on any atom is -0.464 e. The van der Waals surface area contributed by atoms with E-state index >= 15 is 0 Å². The van der Waals surface area contributed by atoms with Gasteiger partial charge in [0.15, 0.2) is 6.29 Å². The van der Waals surface area contributed by atoms with Gasteiger partial charge in [0.05, 0.1) is 11.8 Å². The molecule has 2 heteroatoms. The molecule has 0 bridgehead atoms. The van der Waals surface area contributed by atoms with E-state index in [2.05, 4.69) is 18.2 Å². The molecule has 0 unspecified atom stereocenters. The predicted octanol–water partition coefficient (Wildman–Crippen LogP) is 4.81. The Morgan fingerprint density at radius 2 is 1.95 bits per heavy atom. The van der Waals surface area contributed by atoms with Crippen molar-refractivity contribution in [3.8, 4) is 11.3 Å². The molecule has 2 nitrogen and oxygen atoms in total. The largest absolute Gasteiger partial charge is 0.464 e. The number of rotatable bonds is 3. The highest BCUT2D eigenvalue weighted by molar-refractivity contribution is 5.84. The van der Waals surface area contributed by atoms with Crippen LogP contribution in [0.25, 0.3) is 11.3 Å². The number of hydrogen-bond donors (Lipinski definition) is 0. The summed E-state index contributed by atoms with van der Waals surface area (Å²) in [5.41, 5.74) is 3.02. The van der Waals surface area contributed by atoms with Crippen molar-refractivity contribution in [2.24, 2.45) is 0 Å². The fourth-order valence-corrected chi connectivity index (χ4v) is 3.02. The zero-order valence-electron chi connectivity index (χ0n) is 11.0. The van der Waals surface area contributed by atoms with Gasteiger partial charge >= 0.3 is 0 Å². The number of aldehydes is 1. The van der Waals surface area contributed by atoms with Gasteiger partial charge in [-0.3, -0.25) is 4.79 Å². The monoisotopic (exact) mass is 254 g/mol. The number of carbonyl (C=O) groups is 1. The second kappa shape index (κ2) is 5.43. The van der Waals surface area contributed by atoms with Crippen LogP contribution in [-0.4, -0.2) is 6.29 Å². The van der Waals surface area contributed by atoms with E-state index in [0.29, 0.717) is 17.2 Å². The van der Waals surface area contributed by atoms with E-state index in [-0.39, 0.29) is 0 Å². The van der Waals surface area contributed by atoms with Crippen LogP contribution in [0, 0.1) is 0 Å². The molecular formula is C17H18O2. The van der Waals surface area contributed by atoms with Gasteiger partial charge in [-0.25, -0.2) is 0 Å². The van der Waals surface area contributed by atoms with Crippen LogP contribution in [0.3, 0.4) is 0 Å². The maximum Gasteiger partial charge on any atom is 0.153 e. The van der Waals surface area contributed by atoms with Gasteiger partial charge in [-0.2, -0.15) is 0 Å². The molecule has 1 aliphatic rings. The molecule has 1 saturated carbocycles. The molecular weight excluding hydrogens is 236 g/mol. The van der Waals surface area contributed by atoms with Crippen molar-refractivity contribution in [1.29, 1.82) is 0 Å². The molecule has 0 aliphatic heterocycles. The maximum atomic E-state index is 11.0. The lowest BCUT2D eigenvalue weighted by Crippen LogP contribution is -2.04. The van der Waals surface area contributed by atoms with Gasteiger partial charge in [-0.1, -0.05) is 37.5 Å². The summed E-state index contributed by atoms with van der Waals surface area (Å²) in [6, 6.07) is 10.2. The lowest BCUT2D eigenvalue weighted by molar-refractivity contribution is 0.112. The average Bonchev–Trinajstić information content (AvgIpc) is 2.97. The van der Waals surface area contributed by atoms with E-state index in [1.807, 2.05) is 6.07 Å². The molecule has 98 valence electrons. The Hall–Kier alpha value is -1.83. The number of furan rings is 1. The Kier molecular flexibility index (Phi) is 3.49. The van der Waals surface area contributed by atoms with Crippen molar-refractivity contribution < 1.29 is 9.21 Å². The molecule has 1 fully saturated rings. The SMILES string of the molecule is O=Cc1ccoc1-c1cccc(C2CCCCC2)c1. The quantitative estimate of drug-likeness (QED) is 0.736. The number of benzene rings is 1. The zero-order valence-corrected chi connectivity index (χ0v) is 11.0. The van der Waals surface area contributed by atoms with E-state index < -0.39 is 0 Å². The van der Waals surface area contributed by atoms with Crippen molar-refractivity contribution in [3.63, 3.8) is 0 Å². The van der Waals surface area contributed by atoms with E-state index in [1.165, 1.54) is 37.7 Å². The van der Waals surface area contributed by atoms with Crippen LogP contribution in [0.1, 0.15) is 53.9 Å². The van der Waals surface area contributed by atoms with Crippen LogP contribution >= 0.6 is 0 Å². The molecule has 2 aromatic rings. The summed E-state index contributed by atoms with van der Waals surface area (Å²) >= 11 is 0. The summed E-state index contributed by atoms with van der Waals surface area (Å²) in [5, 5.41) is 0. The second-order valence-corrected chi connectivity index (χ2v) is 5.28. The van der Waals surface area contributed by atoms with Gasteiger partial charge in [0.1, 0.15) is 5.76 Å². The van der Waals surface area contributed by atoms with Gasteiger partial charge in [0, 0.05) is 5.56 Å². The van der Waals surface area contributed by atoms with Crippen molar-refractivity contribution in [2.75, 3.05) is 0 Å². The molecule has 3 rings (SSSR count). The zero-order chi connectivity index (χ0) is 13.1. The van der Waals surface area contributed by atoms with Crippen molar-refractivity contribution in [1.82, 2.24) is 0 Å². The molecule has 0 saturated heterocycles. The van der Waals surface area contributed by atoms with Gasteiger partial charge in [-0.05, 0) is 36.5 Å². The Morgan fingerprint density at radius 1 is 1.11 bits per heavy atom. The number of carbonyl (C=O) groups excluding carboxylic acids is 1. The minimum atomic E-state index is 0.626. The molecule has 1 aromatic heterocycles. The van der Waals surface area contributed by atoms with Crippen LogP contribution in [0.2, 0.25) is 0 Å². The minimum absolute atomic E-state index is 0.626. The molecule has 0 N–H and O–H groups in total. The molecule has 1 aromatic carbocycles. The Balaban J connectivity index is 1.93. The van der Waals surface area contributed by atoms with Crippen LogP contribution in [0.4, 0.5) is 0 Å². The van der Waals surface area contributed by atoms with Crippen LogP contribution in [-0.2, 0) is 0 Å². The van der Waals surface area contributed by atoms with Crippen molar-refractivity contribution >= 4 is 6.29 Å². The van der Waals surface area contributed by atoms with Crippen molar-refractivity contribution in [2.45, 2.75) is 38.0 Å². The van der Waals surface area contributed by atoms with E-state index in [1.54, 1.807) is 12.3 Å². The lowest BCUT2D eigenvalue weighted by atomic mass is 9.83. The first-order chi connectivity index (χ1) is 9.38. The summed E-state index contributed by atoms with van der Waals surface area (Å²) in [7, 11) is 0. The smallest absolute Gasteiger partial charge is 0.153 e. The highest BCUT2D eigenvalue weighted by atomic mass is 16.3. The molecule has 0 spiro atoms. The fourth-order valence-electron chi connectivity index (χ4n) is 3.02. The van der Waals surface area contributed by atoms with Gasteiger partial charge in [0.2, 0.25) is 0 Å². The van der Waals surface area contributed by atoms with E-state index in [4.69, 9.17) is 4.42 Å². The number of hydrogen-bond acceptors (Lipinski definition) is 2. The van der Waals surface area contributed by atoms with E-state index in [9.17, 15) is 4.79 Å². The fraction of sp³-hybridized carbons (Fsp3) is 0.353. The molecule has 1 aliphatic carbocycles. The lowest BCUT2D eigenvalue weighted by Gasteiger charge is -2.22. The normalized spacial score (nSPS) is 16.4. The predicted molar refractivity (Wildman–Crippen MR) is 75.4 cm³/mol. The highest BCUT2D eigenvalue weighted by Gasteiger charge is 2.17. The first kappa shape index (κ1) is 12.2. The summed E-state index contributed by atoms with van der Waals surface area (Å²) in [4.78, 5) is 11.0. The van der Waals surface area contributed by atoms with E-state index in [0.717, 1.165) is 11.8 Å². The Morgan fingerprint density at radius 3 is 2.74 bits per heavy atom. The molecule has 19 heavy (non-hydrogen) atoms. The van der Waals surface area contributed by atoms with Gasteiger partial charge in [-0.15, -0.1) is 0 Å². The van der Waals surface area contributed by atoms with Gasteiger partial charge < -0.3 is 4.42 Å². The van der Waals surface area contributed by atoms with Crippen LogP contribution < -0.4 is 0 Å². The Labute approximate surface area is 113 Å². The summed E-state index contributed by atoms with van der Waals surface area (Å²) in [6.07, 6.45) is 9.01. The summed E-state index contributed by atoms with van der Waals surface area (Å²) in [6.45, 7) is 0.